The molecule has 1 fully saturated rings. The molecule has 3 aromatic carbocycles. The van der Waals surface area contributed by atoms with Gasteiger partial charge in [-0.1, -0.05) is 61.2 Å². The van der Waals surface area contributed by atoms with Gasteiger partial charge in [-0.15, -0.1) is 0 Å². The standard InChI is InChI=1S/C28H27ClN2O4/c29-21-13-16-25(24(17-21)27(33)19-7-3-1-4-8-19)31-26(32)18-35-23-14-11-20(12-15-23)28(34)30-22-9-5-2-6-10-22/h1,3-4,7-8,11-17,22H,2,5-6,9-10,18H2,(H,30,34)(H,31,32). The maximum absolute atomic E-state index is 12.9. The summed E-state index contributed by atoms with van der Waals surface area (Å²) in [6.45, 7) is -0.255. The number of benzene rings is 3. The van der Waals surface area contributed by atoms with Crippen molar-refractivity contribution in [2.75, 3.05) is 11.9 Å². The van der Waals surface area contributed by atoms with Crippen LogP contribution >= 0.6 is 11.6 Å². The van der Waals surface area contributed by atoms with Crippen molar-refractivity contribution in [1.29, 1.82) is 0 Å². The summed E-state index contributed by atoms with van der Waals surface area (Å²) < 4.78 is 5.58. The molecule has 0 radical (unpaired) electrons. The number of hydrogen-bond donors (Lipinski definition) is 2. The fourth-order valence-corrected chi connectivity index (χ4v) is 4.28. The third-order valence-electron chi connectivity index (χ3n) is 5.96. The van der Waals surface area contributed by atoms with Crippen LogP contribution in [0.3, 0.4) is 0 Å². The van der Waals surface area contributed by atoms with Gasteiger partial charge in [0.1, 0.15) is 5.75 Å². The van der Waals surface area contributed by atoms with Crippen LogP contribution in [0.4, 0.5) is 5.69 Å². The van der Waals surface area contributed by atoms with Crippen LogP contribution in [0, 0.1) is 0 Å². The highest BCUT2D eigenvalue weighted by atomic mass is 35.5. The highest BCUT2D eigenvalue weighted by Gasteiger charge is 2.18. The number of halogens is 1. The largest absolute Gasteiger partial charge is 0.484 e. The molecule has 0 heterocycles. The number of amides is 2. The van der Waals surface area contributed by atoms with Crippen molar-refractivity contribution < 1.29 is 19.1 Å². The summed E-state index contributed by atoms with van der Waals surface area (Å²) in [7, 11) is 0. The Morgan fingerprint density at radius 3 is 2.29 bits per heavy atom. The van der Waals surface area contributed by atoms with Crippen LogP contribution in [0.15, 0.2) is 72.8 Å². The lowest BCUT2D eigenvalue weighted by Gasteiger charge is -2.22. The van der Waals surface area contributed by atoms with Gasteiger partial charge >= 0.3 is 0 Å². The quantitative estimate of drug-likeness (QED) is 0.399. The lowest BCUT2D eigenvalue weighted by molar-refractivity contribution is -0.118. The second-order valence-corrected chi connectivity index (χ2v) is 8.99. The molecule has 3 aromatic rings. The average molecular weight is 491 g/mol. The molecule has 0 spiro atoms. The summed E-state index contributed by atoms with van der Waals surface area (Å²) in [4.78, 5) is 37.9. The first-order valence-electron chi connectivity index (χ1n) is 11.7. The molecule has 1 saturated carbocycles. The molecule has 1 aliphatic carbocycles. The minimum absolute atomic E-state index is 0.0976. The molecule has 0 bridgehead atoms. The van der Waals surface area contributed by atoms with Crippen molar-refractivity contribution in [2.24, 2.45) is 0 Å². The average Bonchev–Trinajstić information content (AvgIpc) is 2.89. The highest BCUT2D eigenvalue weighted by molar-refractivity contribution is 6.31. The van der Waals surface area contributed by atoms with E-state index in [1.807, 2.05) is 6.07 Å². The van der Waals surface area contributed by atoms with E-state index in [2.05, 4.69) is 10.6 Å². The van der Waals surface area contributed by atoms with Crippen LogP contribution < -0.4 is 15.4 Å². The molecular formula is C28H27ClN2O4. The van der Waals surface area contributed by atoms with Crippen LogP contribution in [-0.4, -0.2) is 30.2 Å². The molecule has 4 rings (SSSR count). The van der Waals surface area contributed by atoms with E-state index in [9.17, 15) is 14.4 Å². The zero-order valence-electron chi connectivity index (χ0n) is 19.3. The minimum Gasteiger partial charge on any atom is -0.484 e. The normalized spacial score (nSPS) is 13.6. The summed E-state index contributed by atoms with van der Waals surface area (Å²) in [6, 6.07) is 20.4. The maximum Gasteiger partial charge on any atom is 0.262 e. The van der Waals surface area contributed by atoms with Gasteiger partial charge in [0, 0.05) is 27.8 Å². The predicted molar refractivity (Wildman–Crippen MR) is 136 cm³/mol. The summed E-state index contributed by atoms with van der Waals surface area (Å²) in [5, 5.41) is 6.20. The van der Waals surface area contributed by atoms with E-state index >= 15 is 0 Å². The number of nitrogens with one attached hydrogen (secondary N) is 2. The molecule has 2 amide bonds. The Morgan fingerprint density at radius 1 is 0.857 bits per heavy atom. The number of ether oxygens (including phenoxy) is 1. The van der Waals surface area contributed by atoms with Crippen LogP contribution in [-0.2, 0) is 4.79 Å². The molecule has 0 unspecified atom stereocenters. The number of rotatable bonds is 8. The second kappa shape index (κ2) is 11.7. The van der Waals surface area contributed by atoms with E-state index in [4.69, 9.17) is 16.3 Å². The summed E-state index contributed by atoms with van der Waals surface area (Å²) in [6.07, 6.45) is 5.58. The van der Waals surface area contributed by atoms with Gasteiger partial charge < -0.3 is 15.4 Å². The molecule has 180 valence electrons. The van der Waals surface area contributed by atoms with Crippen molar-refractivity contribution in [2.45, 2.75) is 38.1 Å². The molecule has 6 nitrogen and oxygen atoms in total. The fraction of sp³-hybridized carbons (Fsp3) is 0.250. The second-order valence-electron chi connectivity index (χ2n) is 8.55. The van der Waals surface area contributed by atoms with E-state index < -0.39 is 5.91 Å². The number of ketones is 1. The van der Waals surface area contributed by atoms with E-state index in [0.29, 0.717) is 33.1 Å². The van der Waals surface area contributed by atoms with E-state index in [-0.39, 0.29) is 24.3 Å². The Kier molecular flexibility index (Phi) is 8.16. The van der Waals surface area contributed by atoms with Gasteiger partial charge in [-0.3, -0.25) is 14.4 Å². The third kappa shape index (κ3) is 6.70. The summed E-state index contributed by atoms with van der Waals surface area (Å²) in [5.41, 5.74) is 1.70. The number of anilines is 1. The van der Waals surface area contributed by atoms with Crippen LogP contribution in [0.2, 0.25) is 5.02 Å². The first kappa shape index (κ1) is 24.5. The van der Waals surface area contributed by atoms with Gasteiger partial charge in [-0.05, 0) is 55.3 Å². The number of hydrogen-bond acceptors (Lipinski definition) is 4. The summed E-state index contributed by atoms with van der Waals surface area (Å²) >= 11 is 6.10. The predicted octanol–water partition coefficient (Wildman–Crippen LogP) is 5.65. The van der Waals surface area contributed by atoms with Gasteiger partial charge in [0.2, 0.25) is 0 Å². The molecule has 1 aliphatic rings. The Morgan fingerprint density at radius 2 is 1.57 bits per heavy atom. The van der Waals surface area contributed by atoms with Gasteiger partial charge in [-0.2, -0.15) is 0 Å². The third-order valence-corrected chi connectivity index (χ3v) is 6.20. The van der Waals surface area contributed by atoms with Gasteiger partial charge in [0.25, 0.3) is 11.8 Å². The Labute approximate surface area is 209 Å². The Balaban J connectivity index is 1.34. The topological polar surface area (TPSA) is 84.5 Å². The van der Waals surface area contributed by atoms with E-state index in [0.717, 1.165) is 25.7 Å². The Bertz CT molecular complexity index is 1190. The zero-order chi connectivity index (χ0) is 24.6. The Hall–Kier alpha value is -3.64. The van der Waals surface area contributed by atoms with Gasteiger partial charge in [-0.25, -0.2) is 0 Å². The molecule has 0 saturated heterocycles. The first-order valence-corrected chi connectivity index (χ1v) is 12.1. The maximum atomic E-state index is 12.9. The number of carbonyl (C=O) groups is 3. The molecular weight excluding hydrogens is 464 g/mol. The summed E-state index contributed by atoms with van der Waals surface area (Å²) in [5.74, 6) is -0.300. The molecule has 0 aromatic heterocycles. The lowest BCUT2D eigenvalue weighted by Crippen LogP contribution is -2.36. The monoisotopic (exact) mass is 490 g/mol. The van der Waals surface area contributed by atoms with Crippen LogP contribution in [0.1, 0.15) is 58.4 Å². The lowest BCUT2D eigenvalue weighted by atomic mass is 9.95. The molecule has 7 heteroatoms. The van der Waals surface area contributed by atoms with Crippen molar-refractivity contribution in [1.82, 2.24) is 5.32 Å². The van der Waals surface area contributed by atoms with E-state index in [1.165, 1.54) is 12.5 Å². The highest BCUT2D eigenvalue weighted by Crippen LogP contribution is 2.24. The number of carbonyl (C=O) groups excluding carboxylic acids is 3. The van der Waals surface area contributed by atoms with E-state index in [1.54, 1.807) is 60.7 Å². The SMILES string of the molecule is O=C(COc1ccc(C(=O)NC2CCCCC2)cc1)Nc1ccc(Cl)cc1C(=O)c1ccccc1. The van der Waals surface area contributed by atoms with Crippen molar-refractivity contribution in [3.05, 3.63) is 94.5 Å². The smallest absolute Gasteiger partial charge is 0.262 e. The van der Waals surface area contributed by atoms with Crippen molar-refractivity contribution in [3.8, 4) is 5.75 Å². The first-order chi connectivity index (χ1) is 17.0. The van der Waals surface area contributed by atoms with Gasteiger partial charge in [0.05, 0.1) is 5.69 Å². The fourth-order valence-electron chi connectivity index (χ4n) is 4.11. The molecule has 0 atom stereocenters. The zero-order valence-corrected chi connectivity index (χ0v) is 20.0. The van der Waals surface area contributed by atoms with Gasteiger partial charge in [0.15, 0.2) is 12.4 Å². The molecule has 2 N–H and O–H groups in total. The molecule has 0 aliphatic heterocycles. The van der Waals surface area contributed by atoms with Crippen molar-refractivity contribution >= 4 is 34.9 Å². The van der Waals surface area contributed by atoms with Crippen molar-refractivity contribution in [3.63, 3.8) is 0 Å². The van der Waals surface area contributed by atoms with Crippen LogP contribution in [0.25, 0.3) is 0 Å². The molecule has 35 heavy (non-hydrogen) atoms. The minimum atomic E-state index is -0.423. The van der Waals surface area contributed by atoms with Crippen LogP contribution in [0.5, 0.6) is 5.75 Å².